The summed E-state index contributed by atoms with van der Waals surface area (Å²) in [6.07, 6.45) is -2.03. The molecule has 226 valence electrons. The maximum Gasteiger partial charge on any atom is 0.388 e. The van der Waals surface area contributed by atoms with Crippen LogP contribution >= 0.6 is 30.8 Å². The van der Waals surface area contributed by atoms with Gasteiger partial charge in [-0.3, -0.25) is 28.0 Å². The number of aromatic nitrogens is 8. The third-order valence-corrected chi connectivity index (χ3v) is 10.0. The number of alkyl halides is 2. The number of nitrogens with zero attached hydrogens (tertiary/aromatic N) is 7. The Morgan fingerprint density at radius 3 is 2.71 bits per heavy atom. The smallest absolute Gasteiger partial charge is 0.388 e. The number of hydrogen-bond donors (Lipinski definition) is 6. The zero-order chi connectivity index (χ0) is 30.0. The Balaban J connectivity index is 1.25. The number of nitrogens with two attached hydrogens (primary N) is 2. The summed E-state index contributed by atoms with van der Waals surface area (Å²) in [5.41, 5.74) is 8.28. The number of rotatable bonds is 8. The lowest BCUT2D eigenvalue weighted by Gasteiger charge is -2.34. The molecular formula is C20H23F2N10O7PS2. The summed E-state index contributed by atoms with van der Waals surface area (Å²) in [4.78, 5) is 34.3. The van der Waals surface area contributed by atoms with Crippen LogP contribution in [0.3, 0.4) is 0 Å². The number of aliphatic hydroxyl groups excluding tert-OH is 2. The summed E-state index contributed by atoms with van der Waals surface area (Å²) in [7, 11) is 0. The van der Waals surface area contributed by atoms with E-state index in [4.69, 9.17) is 25.3 Å². The third-order valence-electron chi connectivity index (χ3n) is 7.02. The normalized spacial score (nSPS) is 31.3. The molecule has 1 unspecified atom stereocenters. The molecule has 4 aromatic rings. The molecule has 2 aliphatic heterocycles. The number of thiol groups is 1. The molecule has 0 amide bonds. The Kier molecular flexibility index (Phi) is 7.20. The van der Waals surface area contributed by atoms with E-state index in [0.29, 0.717) is 0 Å². The van der Waals surface area contributed by atoms with Gasteiger partial charge in [-0.05, 0) is 0 Å². The van der Waals surface area contributed by atoms with Crippen molar-refractivity contribution in [3.8, 4) is 0 Å². The molecule has 22 heteroatoms. The van der Waals surface area contributed by atoms with Crippen molar-refractivity contribution < 1.29 is 37.3 Å². The van der Waals surface area contributed by atoms with E-state index in [1.165, 1.54) is 0 Å². The number of nitrogens with one attached hydrogen (secondary N) is 1. The van der Waals surface area contributed by atoms with Gasteiger partial charge in [0, 0.05) is 5.75 Å². The first kappa shape index (κ1) is 29.2. The van der Waals surface area contributed by atoms with Crippen LogP contribution in [0.5, 0.6) is 0 Å². The van der Waals surface area contributed by atoms with E-state index in [1.54, 1.807) is 0 Å². The second-order valence-corrected chi connectivity index (χ2v) is 13.6. The summed E-state index contributed by atoms with van der Waals surface area (Å²) >= 11 is 4.96. The van der Waals surface area contributed by atoms with E-state index in [-0.39, 0.29) is 39.8 Å². The van der Waals surface area contributed by atoms with Gasteiger partial charge in [-0.25, -0.2) is 33.3 Å². The lowest BCUT2D eigenvalue weighted by molar-refractivity contribution is -0.0661. The summed E-state index contributed by atoms with van der Waals surface area (Å²) < 4.78 is 63.9. The third kappa shape index (κ3) is 4.55. The van der Waals surface area contributed by atoms with Crippen LogP contribution in [0.4, 0.5) is 20.5 Å². The van der Waals surface area contributed by atoms with Crippen LogP contribution in [0.25, 0.3) is 22.3 Å². The first-order valence-electron chi connectivity index (χ1n) is 12.1. The van der Waals surface area contributed by atoms with E-state index in [1.807, 2.05) is 0 Å². The van der Waals surface area contributed by atoms with E-state index in [2.05, 4.69) is 42.2 Å². The number of thioether (sulfide) groups is 1. The van der Waals surface area contributed by atoms with Crippen LogP contribution in [0.2, 0.25) is 0 Å². The molecule has 0 radical (unpaired) electrons. The first-order valence-corrected chi connectivity index (χ1v) is 15.8. The average molecular weight is 649 g/mol. The predicted octanol–water partition coefficient (Wildman–Crippen LogP) is -0.324. The Morgan fingerprint density at radius 1 is 1.24 bits per heavy atom. The minimum Gasteiger partial charge on any atom is -0.395 e. The number of halogens is 2. The van der Waals surface area contributed by atoms with Gasteiger partial charge in [0.05, 0.1) is 31.1 Å². The molecule has 0 aromatic carbocycles. The van der Waals surface area contributed by atoms with Gasteiger partial charge in [0.15, 0.2) is 34.5 Å². The fraction of sp³-hybridized carbons (Fsp3) is 0.500. The van der Waals surface area contributed by atoms with Crippen LogP contribution in [0.1, 0.15) is 0 Å². The van der Waals surface area contributed by atoms with Crippen LogP contribution in [0.15, 0.2) is 23.8 Å². The largest absolute Gasteiger partial charge is 0.395 e. The number of fused-ring (bicyclic) bond motifs is 2. The van der Waals surface area contributed by atoms with E-state index in [0.717, 1.165) is 39.9 Å². The van der Waals surface area contributed by atoms with Gasteiger partial charge in [-0.2, -0.15) is 4.98 Å². The predicted molar refractivity (Wildman–Crippen MR) is 147 cm³/mol. The summed E-state index contributed by atoms with van der Waals surface area (Å²) in [6.45, 7) is -6.52. The lowest BCUT2D eigenvalue weighted by atomic mass is 10.1. The number of nitrogen functional groups attached to an aromatic ring is 2. The van der Waals surface area contributed by atoms with Crippen molar-refractivity contribution in [2.45, 2.75) is 35.1 Å². The molecule has 0 aliphatic carbocycles. The molecule has 2 fully saturated rings. The number of aliphatic hydroxyl groups is 2. The minimum atomic E-state index is -4.55. The van der Waals surface area contributed by atoms with Crippen molar-refractivity contribution in [1.29, 1.82) is 0 Å². The maximum absolute atomic E-state index is 16.1. The van der Waals surface area contributed by atoms with Gasteiger partial charge < -0.3 is 26.4 Å². The molecule has 0 spiro atoms. The molecule has 17 nitrogen and oxygen atoms in total. The summed E-state index contributed by atoms with van der Waals surface area (Å²) in [5.74, 6) is -3.09. The molecule has 6 rings (SSSR count). The molecule has 2 aliphatic rings. The lowest BCUT2D eigenvalue weighted by Crippen LogP contribution is -2.46. The van der Waals surface area contributed by atoms with Crippen molar-refractivity contribution in [2.24, 2.45) is 0 Å². The Morgan fingerprint density at radius 2 is 1.98 bits per heavy atom. The quantitative estimate of drug-likeness (QED) is 0.106. The maximum atomic E-state index is 16.1. The average Bonchev–Trinajstić information content (AvgIpc) is 3.70. The second kappa shape index (κ2) is 10.4. The zero-order valence-corrected chi connectivity index (χ0v) is 23.8. The highest BCUT2D eigenvalue weighted by atomic mass is 32.7. The minimum absolute atomic E-state index is 0.00516. The monoisotopic (exact) mass is 648 g/mol. The van der Waals surface area contributed by atoms with Gasteiger partial charge in [0.25, 0.3) is 5.56 Å². The summed E-state index contributed by atoms with van der Waals surface area (Å²) in [5, 5.41) is 19.5. The van der Waals surface area contributed by atoms with Crippen molar-refractivity contribution in [2.75, 3.05) is 37.0 Å². The molecule has 4 aromatic heterocycles. The zero-order valence-electron chi connectivity index (χ0n) is 21.1. The number of imidazole rings is 2. The van der Waals surface area contributed by atoms with Gasteiger partial charge >= 0.3 is 6.80 Å². The molecule has 7 atom stereocenters. The number of aromatic amines is 1. The van der Waals surface area contributed by atoms with Crippen molar-refractivity contribution in [1.82, 2.24) is 39.0 Å². The highest BCUT2D eigenvalue weighted by Crippen LogP contribution is 2.61. The fourth-order valence-electron chi connectivity index (χ4n) is 4.91. The fourth-order valence-corrected chi connectivity index (χ4v) is 7.96. The highest BCUT2D eigenvalue weighted by Gasteiger charge is 2.57. The van der Waals surface area contributed by atoms with E-state index < -0.39 is 67.3 Å². The van der Waals surface area contributed by atoms with Crippen LogP contribution in [0, 0.1) is 0 Å². The van der Waals surface area contributed by atoms with Crippen molar-refractivity contribution in [3.63, 3.8) is 0 Å². The molecular weight excluding hydrogens is 625 g/mol. The molecule has 42 heavy (non-hydrogen) atoms. The Labute approximate surface area is 242 Å². The molecule has 0 bridgehead atoms. The van der Waals surface area contributed by atoms with Gasteiger partial charge in [0.1, 0.15) is 30.7 Å². The van der Waals surface area contributed by atoms with E-state index >= 15 is 8.78 Å². The first-order chi connectivity index (χ1) is 19.9. The van der Waals surface area contributed by atoms with Crippen LogP contribution < -0.4 is 17.0 Å². The number of hydrogen-bond acceptors (Lipinski definition) is 15. The van der Waals surface area contributed by atoms with Gasteiger partial charge in [0.2, 0.25) is 11.7 Å². The number of anilines is 2. The SMILES string of the molecule is Nc1nc2c(ncn2[C@]2(OP(=O)(S)OC[C@H]3OC[C@](F)(n4cnc5c(N)ncnc54)[C@@H]3O)CS[C@H](CO)[C@H]2F)c(=O)[nH]1. The topological polar surface area (TPSA) is 244 Å². The van der Waals surface area contributed by atoms with Crippen molar-refractivity contribution in [3.05, 3.63) is 29.3 Å². The van der Waals surface area contributed by atoms with Crippen molar-refractivity contribution >= 4 is 64.9 Å². The standard InChI is InChI=1S/C20H23F2N10O7PS2/c21-12-9(1-33)42-4-20(12,32-7-28-11-16(32)29-18(24)30-17(11)35)39-40(36,41)38-2-8-13(34)19(22,3-37-8)31-6-27-10-14(23)25-5-26-15(10)31/h5-9,12-13,33-34H,1-4H2,(H,36,41)(H2,23,25,26)(H3,24,29,30,35)/t8-,9-,12-,13-,19+,20+,40?/m1/s1. The molecule has 6 heterocycles. The van der Waals surface area contributed by atoms with Gasteiger partial charge in [-0.15, -0.1) is 11.8 Å². The van der Waals surface area contributed by atoms with Crippen LogP contribution in [-0.2, 0) is 29.9 Å². The molecule has 7 N–H and O–H groups in total. The highest BCUT2D eigenvalue weighted by molar-refractivity contribution is 8.44. The Bertz CT molecular complexity index is 1780. The number of H-pyrrole nitrogens is 1. The molecule has 2 saturated heterocycles. The number of ether oxygens (including phenoxy) is 1. The summed E-state index contributed by atoms with van der Waals surface area (Å²) in [6, 6.07) is 0. The van der Waals surface area contributed by atoms with Crippen LogP contribution in [-0.4, -0.2) is 98.5 Å². The second-order valence-electron chi connectivity index (χ2n) is 9.53. The molecule has 0 saturated carbocycles. The Hall–Kier alpha value is -2.91. The van der Waals surface area contributed by atoms with E-state index in [9.17, 15) is 19.6 Å². The van der Waals surface area contributed by atoms with Gasteiger partial charge in [-0.1, -0.05) is 12.2 Å².